The number of rotatable bonds is 4. The molecule has 2 aromatic rings. The predicted octanol–water partition coefficient (Wildman–Crippen LogP) is 4.37. The van der Waals surface area contributed by atoms with Crippen LogP contribution in [-0.2, 0) is 0 Å². The van der Waals surface area contributed by atoms with Gasteiger partial charge in [0.1, 0.15) is 24.0 Å². The molecule has 0 atom stereocenters. The van der Waals surface area contributed by atoms with Crippen LogP contribution in [0.3, 0.4) is 0 Å². The lowest BCUT2D eigenvalue weighted by Crippen LogP contribution is -1.97. The predicted molar refractivity (Wildman–Crippen MR) is 72.3 cm³/mol. The molecule has 0 aliphatic rings. The molecule has 0 N–H and O–H groups in total. The van der Waals surface area contributed by atoms with Gasteiger partial charge in [-0.1, -0.05) is 12.1 Å². The van der Waals surface area contributed by atoms with Crippen LogP contribution in [0, 0.1) is 23.0 Å². The minimum Gasteiger partial charge on any atom is -0.489 e. The first-order chi connectivity index (χ1) is 10.2. The number of nitriles is 1. The second kappa shape index (κ2) is 6.62. The van der Waals surface area contributed by atoms with Crippen molar-refractivity contribution in [3.05, 3.63) is 66.0 Å². The Labute approximate surface area is 119 Å². The summed E-state index contributed by atoms with van der Waals surface area (Å²) in [6, 6.07) is 9.87. The van der Waals surface area contributed by atoms with Crippen LogP contribution in [-0.4, -0.2) is 6.61 Å². The maximum absolute atomic E-state index is 14.0. The third kappa shape index (κ3) is 3.42. The Balaban J connectivity index is 2.34. The zero-order valence-electron chi connectivity index (χ0n) is 10.8. The molecule has 0 bridgehead atoms. The van der Waals surface area contributed by atoms with Crippen molar-refractivity contribution in [2.75, 3.05) is 6.61 Å². The van der Waals surface area contributed by atoms with Gasteiger partial charge in [-0.25, -0.2) is 13.2 Å². The Morgan fingerprint density at radius 3 is 2.24 bits per heavy atom. The maximum Gasteiger partial charge on any atom is 0.137 e. The van der Waals surface area contributed by atoms with Gasteiger partial charge in [0.05, 0.1) is 23.5 Å². The van der Waals surface area contributed by atoms with Gasteiger partial charge in [-0.15, -0.1) is 0 Å². The first-order valence-electron chi connectivity index (χ1n) is 6.03. The molecule has 0 saturated heterocycles. The first-order valence-corrected chi connectivity index (χ1v) is 6.03. The Bertz CT molecular complexity index is 679. The fraction of sp³-hybridized carbons (Fsp3) is 0.0625. The quantitative estimate of drug-likeness (QED) is 0.837. The molecule has 0 amide bonds. The van der Waals surface area contributed by atoms with E-state index < -0.39 is 11.6 Å². The molecule has 0 heterocycles. The molecule has 21 heavy (non-hydrogen) atoms. The molecule has 0 aliphatic carbocycles. The third-order valence-electron chi connectivity index (χ3n) is 2.75. The first kappa shape index (κ1) is 14.7. The summed E-state index contributed by atoms with van der Waals surface area (Å²) >= 11 is 0. The lowest BCUT2D eigenvalue weighted by atomic mass is 10.0. The molecule has 2 aromatic carbocycles. The van der Waals surface area contributed by atoms with Crippen LogP contribution in [0.25, 0.3) is 11.1 Å². The highest BCUT2D eigenvalue weighted by molar-refractivity contribution is 5.66. The number of hydrogen-bond donors (Lipinski definition) is 0. The van der Waals surface area contributed by atoms with Gasteiger partial charge >= 0.3 is 0 Å². The van der Waals surface area contributed by atoms with E-state index in [1.807, 2.05) is 6.07 Å². The van der Waals surface area contributed by atoms with E-state index in [2.05, 4.69) is 0 Å². The molecule has 0 spiro atoms. The van der Waals surface area contributed by atoms with Gasteiger partial charge in [0.15, 0.2) is 0 Å². The van der Waals surface area contributed by atoms with E-state index in [9.17, 15) is 13.2 Å². The molecule has 0 unspecified atom stereocenters. The highest BCUT2D eigenvalue weighted by Gasteiger charge is 2.14. The fourth-order valence-corrected chi connectivity index (χ4v) is 1.80. The summed E-state index contributed by atoms with van der Waals surface area (Å²) in [7, 11) is 0. The van der Waals surface area contributed by atoms with Gasteiger partial charge in [-0.2, -0.15) is 5.26 Å². The fourth-order valence-electron chi connectivity index (χ4n) is 1.80. The average molecular weight is 289 g/mol. The van der Waals surface area contributed by atoms with Crippen molar-refractivity contribution < 1.29 is 17.9 Å². The summed E-state index contributed by atoms with van der Waals surface area (Å²) in [5.41, 5.74) is 0.518. The monoisotopic (exact) mass is 289 g/mol. The van der Waals surface area contributed by atoms with Crippen molar-refractivity contribution in [1.82, 2.24) is 0 Å². The maximum atomic E-state index is 14.0. The molecule has 0 radical (unpaired) electrons. The SMILES string of the molecule is N#Cc1ccc(-c2c(F)cc(OCC=CF)cc2F)cc1. The molecule has 0 saturated carbocycles. The number of nitrogens with zero attached hydrogens (tertiary/aromatic N) is 1. The molecular weight excluding hydrogens is 279 g/mol. The van der Waals surface area contributed by atoms with Gasteiger partial charge < -0.3 is 4.74 Å². The second-order valence-corrected chi connectivity index (χ2v) is 4.12. The minimum atomic E-state index is -0.793. The summed E-state index contributed by atoms with van der Waals surface area (Å²) in [6.07, 6.45) is 1.36. The normalized spacial score (nSPS) is 10.6. The Kier molecular flexibility index (Phi) is 4.62. The Hall–Kier alpha value is -2.74. The lowest BCUT2D eigenvalue weighted by molar-refractivity contribution is 0.356. The summed E-state index contributed by atoms with van der Waals surface area (Å²) < 4.78 is 44.8. The van der Waals surface area contributed by atoms with E-state index in [1.165, 1.54) is 24.3 Å². The summed E-state index contributed by atoms with van der Waals surface area (Å²) in [6.45, 7) is -0.119. The highest BCUT2D eigenvalue weighted by atomic mass is 19.1. The summed E-state index contributed by atoms with van der Waals surface area (Å²) in [4.78, 5) is 0. The van der Waals surface area contributed by atoms with Crippen molar-refractivity contribution in [3.8, 4) is 22.9 Å². The highest BCUT2D eigenvalue weighted by Crippen LogP contribution is 2.30. The molecule has 106 valence electrons. The smallest absolute Gasteiger partial charge is 0.137 e. The van der Waals surface area contributed by atoms with Crippen molar-refractivity contribution in [3.63, 3.8) is 0 Å². The zero-order valence-corrected chi connectivity index (χ0v) is 10.8. The van der Waals surface area contributed by atoms with Gasteiger partial charge in [0, 0.05) is 12.1 Å². The van der Waals surface area contributed by atoms with E-state index in [0.717, 1.165) is 18.2 Å². The van der Waals surface area contributed by atoms with Crippen LogP contribution in [0.4, 0.5) is 13.2 Å². The topological polar surface area (TPSA) is 33.0 Å². The van der Waals surface area contributed by atoms with Crippen LogP contribution in [0.2, 0.25) is 0 Å². The second-order valence-electron chi connectivity index (χ2n) is 4.12. The molecule has 2 nitrogen and oxygen atoms in total. The van der Waals surface area contributed by atoms with E-state index in [1.54, 1.807) is 0 Å². The number of hydrogen-bond acceptors (Lipinski definition) is 2. The van der Waals surface area contributed by atoms with Crippen molar-refractivity contribution in [1.29, 1.82) is 5.26 Å². The van der Waals surface area contributed by atoms with Crippen molar-refractivity contribution in [2.45, 2.75) is 0 Å². The third-order valence-corrected chi connectivity index (χ3v) is 2.75. The summed E-state index contributed by atoms with van der Waals surface area (Å²) in [5, 5.41) is 8.70. The molecule has 0 aliphatic heterocycles. The van der Waals surface area contributed by atoms with Gasteiger partial charge in [-0.05, 0) is 23.8 Å². The summed E-state index contributed by atoms with van der Waals surface area (Å²) in [5.74, 6) is -1.61. The lowest BCUT2D eigenvalue weighted by Gasteiger charge is -2.09. The van der Waals surface area contributed by atoms with Crippen molar-refractivity contribution in [2.24, 2.45) is 0 Å². The molecule has 5 heteroatoms. The molecule has 2 rings (SSSR count). The average Bonchev–Trinajstić information content (AvgIpc) is 2.47. The van der Waals surface area contributed by atoms with Crippen LogP contribution < -0.4 is 4.74 Å². The number of benzene rings is 2. The van der Waals surface area contributed by atoms with E-state index in [-0.39, 0.29) is 24.2 Å². The molecular formula is C16H10F3NO. The van der Waals surface area contributed by atoms with Crippen LogP contribution in [0.15, 0.2) is 48.8 Å². The van der Waals surface area contributed by atoms with Crippen molar-refractivity contribution >= 4 is 0 Å². The van der Waals surface area contributed by atoms with E-state index in [4.69, 9.17) is 10.00 Å². The number of halogens is 3. The molecule has 0 fully saturated rings. The van der Waals surface area contributed by atoms with Crippen LogP contribution >= 0.6 is 0 Å². The number of ether oxygens (including phenoxy) is 1. The zero-order chi connectivity index (χ0) is 15.2. The van der Waals surface area contributed by atoms with E-state index >= 15 is 0 Å². The van der Waals surface area contributed by atoms with E-state index in [0.29, 0.717) is 11.1 Å². The molecule has 0 aromatic heterocycles. The minimum absolute atomic E-state index is 0.0273. The van der Waals surface area contributed by atoms with Gasteiger partial charge in [0.25, 0.3) is 0 Å². The van der Waals surface area contributed by atoms with Gasteiger partial charge in [-0.3, -0.25) is 0 Å². The Morgan fingerprint density at radius 2 is 1.71 bits per heavy atom. The van der Waals surface area contributed by atoms with Crippen LogP contribution in [0.1, 0.15) is 5.56 Å². The van der Waals surface area contributed by atoms with Crippen LogP contribution in [0.5, 0.6) is 5.75 Å². The van der Waals surface area contributed by atoms with Gasteiger partial charge in [0.2, 0.25) is 0 Å². The Morgan fingerprint density at radius 1 is 1.10 bits per heavy atom. The largest absolute Gasteiger partial charge is 0.489 e. The standard InChI is InChI=1S/C16H10F3NO/c17-6-1-7-21-13-8-14(18)16(15(19)9-13)12-4-2-11(10-20)3-5-12/h1-6,8-9H,7H2.